The van der Waals surface area contributed by atoms with Crippen LogP contribution in [0.4, 0.5) is 0 Å². The largest absolute Gasteiger partial charge is 0.380 e. The first-order valence-corrected chi connectivity index (χ1v) is 5.55. The first-order chi connectivity index (χ1) is 6.95. The van der Waals surface area contributed by atoms with Gasteiger partial charge in [0.1, 0.15) is 0 Å². The predicted molar refractivity (Wildman–Crippen MR) is 61.9 cm³/mol. The van der Waals surface area contributed by atoms with Crippen LogP contribution in [0.5, 0.6) is 0 Å². The molecule has 0 spiro atoms. The normalized spacial score (nSPS) is 11.5. The van der Waals surface area contributed by atoms with Crippen molar-refractivity contribution >= 4 is 5.91 Å². The number of hydrogen-bond acceptors (Lipinski definition) is 3. The topological polar surface area (TPSA) is 50.4 Å². The average molecular weight is 216 g/mol. The lowest BCUT2D eigenvalue weighted by Crippen LogP contribution is -2.41. The molecule has 0 heterocycles. The third-order valence-electron chi connectivity index (χ3n) is 1.67. The first-order valence-electron chi connectivity index (χ1n) is 5.55. The molecular formula is C11H24N2O2. The van der Waals surface area contributed by atoms with Gasteiger partial charge >= 0.3 is 0 Å². The summed E-state index contributed by atoms with van der Waals surface area (Å²) in [5.41, 5.74) is -0.137. The Morgan fingerprint density at radius 1 is 1.27 bits per heavy atom. The zero-order valence-electron chi connectivity index (χ0n) is 10.4. The Morgan fingerprint density at radius 2 is 1.93 bits per heavy atom. The van der Waals surface area contributed by atoms with Gasteiger partial charge in [-0.3, -0.25) is 4.79 Å². The lowest BCUT2D eigenvalue weighted by atomic mass is 10.1. The summed E-state index contributed by atoms with van der Waals surface area (Å²) in [6.45, 7) is 10.9. The zero-order valence-corrected chi connectivity index (χ0v) is 10.4. The Morgan fingerprint density at radius 3 is 2.47 bits per heavy atom. The minimum absolute atomic E-state index is 0.0893. The van der Waals surface area contributed by atoms with Crippen LogP contribution in [0.1, 0.15) is 34.1 Å². The number of nitrogens with one attached hydrogen (secondary N) is 2. The van der Waals surface area contributed by atoms with E-state index < -0.39 is 0 Å². The van der Waals surface area contributed by atoms with Crippen molar-refractivity contribution in [3.05, 3.63) is 0 Å². The van der Waals surface area contributed by atoms with E-state index in [4.69, 9.17) is 4.74 Å². The number of amides is 1. The molecule has 15 heavy (non-hydrogen) atoms. The Balaban J connectivity index is 3.32. The monoisotopic (exact) mass is 216 g/mol. The molecule has 0 aliphatic heterocycles. The third-order valence-corrected chi connectivity index (χ3v) is 1.67. The molecule has 0 fully saturated rings. The molecule has 0 aromatic rings. The van der Waals surface area contributed by atoms with E-state index in [1.165, 1.54) is 0 Å². The summed E-state index contributed by atoms with van der Waals surface area (Å²) in [5.74, 6) is 0.0893. The van der Waals surface area contributed by atoms with Gasteiger partial charge in [-0.1, -0.05) is 0 Å². The van der Waals surface area contributed by atoms with Crippen LogP contribution >= 0.6 is 0 Å². The summed E-state index contributed by atoms with van der Waals surface area (Å²) in [5, 5.41) is 6.06. The maximum atomic E-state index is 11.4. The molecule has 1 amide bonds. The minimum atomic E-state index is -0.137. The van der Waals surface area contributed by atoms with Gasteiger partial charge in [-0.25, -0.2) is 0 Å². The quantitative estimate of drug-likeness (QED) is 0.622. The molecule has 0 atom stereocenters. The van der Waals surface area contributed by atoms with Crippen LogP contribution in [0.25, 0.3) is 0 Å². The van der Waals surface area contributed by atoms with Crippen molar-refractivity contribution in [3.63, 3.8) is 0 Å². The van der Waals surface area contributed by atoms with Gasteiger partial charge < -0.3 is 15.4 Å². The van der Waals surface area contributed by atoms with E-state index in [-0.39, 0.29) is 11.4 Å². The molecule has 90 valence electrons. The Bertz CT molecular complexity index is 176. The summed E-state index contributed by atoms with van der Waals surface area (Å²) >= 11 is 0. The molecule has 0 aliphatic carbocycles. The van der Waals surface area contributed by atoms with Crippen LogP contribution < -0.4 is 10.6 Å². The van der Waals surface area contributed by atoms with Crippen molar-refractivity contribution in [1.29, 1.82) is 0 Å². The summed E-state index contributed by atoms with van der Waals surface area (Å²) in [4.78, 5) is 11.4. The summed E-state index contributed by atoms with van der Waals surface area (Å²) in [6, 6.07) is 0. The third kappa shape index (κ3) is 11.3. The molecule has 0 aromatic carbocycles. The van der Waals surface area contributed by atoms with Crippen LogP contribution in [-0.2, 0) is 9.53 Å². The molecule has 0 saturated carbocycles. The van der Waals surface area contributed by atoms with E-state index in [0.29, 0.717) is 19.6 Å². The van der Waals surface area contributed by atoms with Crippen LogP contribution in [-0.4, -0.2) is 37.7 Å². The van der Waals surface area contributed by atoms with Gasteiger partial charge in [0, 0.05) is 31.7 Å². The second-order valence-electron chi connectivity index (χ2n) is 4.50. The Kier molecular flexibility index (Phi) is 7.34. The highest BCUT2D eigenvalue weighted by Crippen LogP contribution is 1.98. The summed E-state index contributed by atoms with van der Waals surface area (Å²) in [7, 11) is 0. The minimum Gasteiger partial charge on any atom is -0.380 e. The number of rotatable bonds is 7. The van der Waals surface area contributed by atoms with E-state index in [2.05, 4.69) is 10.6 Å². The molecule has 2 N–H and O–H groups in total. The van der Waals surface area contributed by atoms with E-state index in [1.807, 2.05) is 27.7 Å². The fourth-order valence-electron chi connectivity index (χ4n) is 1.10. The van der Waals surface area contributed by atoms with Crippen LogP contribution in [0.3, 0.4) is 0 Å². The molecule has 0 aromatic heterocycles. The lowest BCUT2D eigenvalue weighted by Gasteiger charge is -2.20. The van der Waals surface area contributed by atoms with Gasteiger partial charge in [0.05, 0.1) is 6.61 Å². The molecule has 0 bridgehead atoms. The maximum Gasteiger partial charge on any atom is 0.221 e. The van der Waals surface area contributed by atoms with E-state index in [1.54, 1.807) is 0 Å². The summed E-state index contributed by atoms with van der Waals surface area (Å²) in [6.07, 6.45) is 0.517. The maximum absolute atomic E-state index is 11.4. The summed E-state index contributed by atoms with van der Waals surface area (Å²) < 4.78 is 5.16. The van der Waals surface area contributed by atoms with Crippen LogP contribution in [0.15, 0.2) is 0 Å². The van der Waals surface area contributed by atoms with Crippen LogP contribution in [0.2, 0.25) is 0 Å². The van der Waals surface area contributed by atoms with E-state index in [9.17, 15) is 4.79 Å². The molecule has 4 heteroatoms. The van der Waals surface area contributed by atoms with Crippen molar-refractivity contribution in [1.82, 2.24) is 10.6 Å². The highest BCUT2D eigenvalue weighted by molar-refractivity contribution is 5.76. The molecular weight excluding hydrogens is 192 g/mol. The van der Waals surface area contributed by atoms with Gasteiger partial charge in [-0.2, -0.15) is 0 Å². The second kappa shape index (κ2) is 7.65. The van der Waals surface area contributed by atoms with Crippen molar-refractivity contribution in [2.75, 3.05) is 26.3 Å². The van der Waals surface area contributed by atoms with Crippen molar-refractivity contribution in [3.8, 4) is 0 Å². The van der Waals surface area contributed by atoms with Crippen molar-refractivity contribution < 1.29 is 9.53 Å². The van der Waals surface area contributed by atoms with Gasteiger partial charge in [0.2, 0.25) is 5.91 Å². The smallest absolute Gasteiger partial charge is 0.221 e. The number of hydrogen-bond donors (Lipinski definition) is 2. The highest BCUT2D eigenvalue weighted by Gasteiger charge is 2.12. The van der Waals surface area contributed by atoms with Gasteiger partial charge in [0.15, 0.2) is 0 Å². The number of ether oxygens (including phenoxy) is 1. The average Bonchev–Trinajstić information content (AvgIpc) is 2.08. The molecule has 0 saturated heterocycles. The van der Waals surface area contributed by atoms with Crippen LogP contribution in [0, 0.1) is 0 Å². The highest BCUT2D eigenvalue weighted by atomic mass is 16.5. The first kappa shape index (κ1) is 14.4. The Labute approximate surface area is 92.8 Å². The number of carbonyl (C=O) groups is 1. The number of carbonyl (C=O) groups excluding carboxylic acids is 1. The molecule has 0 radical (unpaired) electrons. The fraction of sp³-hybridized carbons (Fsp3) is 0.909. The molecule has 0 unspecified atom stereocenters. The zero-order chi connectivity index (χ0) is 11.7. The van der Waals surface area contributed by atoms with E-state index >= 15 is 0 Å². The molecule has 0 aliphatic rings. The molecule has 0 rings (SSSR count). The standard InChI is InChI=1S/C11H24N2O2/c1-5-15-9-8-12-7-6-10(14)13-11(2,3)4/h12H,5-9H2,1-4H3,(H,13,14). The van der Waals surface area contributed by atoms with Gasteiger partial charge in [-0.05, 0) is 27.7 Å². The van der Waals surface area contributed by atoms with E-state index in [0.717, 1.165) is 13.2 Å². The second-order valence-corrected chi connectivity index (χ2v) is 4.50. The Hall–Kier alpha value is -0.610. The van der Waals surface area contributed by atoms with Crippen molar-refractivity contribution in [2.45, 2.75) is 39.7 Å². The van der Waals surface area contributed by atoms with Crippen molar-refractivity contribution in [2.24, 2.45) is 0 Å². The van der Waals surface area contributed by atoms with Gasteiger partial charge in [0.25, 0.3) is 0 Å². The lowest BCUT2D eigenvalue weighted by molar-refractivity contribution is -0.122. The van der Waals surface area contributed by atoms with Gasteiger partial charge in [-0.15, -0.1) is 0 Å². The SMILES string of the molecule is CCOCCNCCC(=O)NC(C)(C)C. The fourth-order valence-corrected chi connectivity index (χ4v) is 1.10. The predicted octanol–water partition coefficient (Wildman–Crippen LogP) is 0.917. The molecule has 4 nitrogen and oxygen atoms in total.